The minimum Gasteiger partial charge on any atom is -0.465 e. The number of H-pyrrole nitrogens is 1. The molecule has 9 nitrogen and oxygen atoms in total. The second kappa shape index (κ2) is 9.27. The summed E-state index contributed by atoms with van der Waals surface area (Å²) in [6.07, 6.45) is 3.10. The predicted molar refractivity (Wildman–Crippen MR) is 119 cm³/mol. The van der Waals surface area contributed by atoms with E-state index in [1.54, 1.807) is 24.4 Å². The van der Waals surface area contributed by atoms with Crippen molar-refractivity contribution in [3.8, 4) is 0 Å². The number of esters is 1. The number of aromatic nitrogens is 3. The summed E-state index contributed by atoms with van der Waals surface area (Å²) >= 11 is 0. The number of anilines is 1. The number of methoxy groups -OCH3 is 1. The molecule has 32 heavy (non-hydrogen) atoms. The molecule has 9 heteroatoms. The Bertz CT molecular complexity index is 1210. The van der Waals surface area contributed by atoms with Crippen LogP contribution in [0, 0.1) is 12.8 Å². The van der Waals surface area contributed by atoms with Crippen LogP contribution < -0.4 is 10.9 Å². The molecule has 4 rings (SSSR count). The number of piperidine rings is 1. The zero-order chi connectivity index (χ0) is 22.7. The molecule has 1 fully saturated rings. The number of pyridine rings is 1. The third-order valence-corrected chi connectivity index (χ3v) is 5.68. The van der Waals surface area contributed by atoms with Crippen molar-refractivity contribution < 1.29 is 14.3 Å². The van der Waals surface area contributed by atoms with E-state index in [2.05, 4.69) is 25.2 Å². The standard InChI is InChI=1S/C23H25N5O4/c1-14-5-8-24-19(11-14)26-21(29)15-6-9-28(10-7-15)13-20-25-18-12-16(23(31)32-2)3-4-17(18)22(30)27-20/h3-5,8,11-12,15H,6-7,9-10,13H2,1-2H3,(H,24,26,29)(H,25,27,30). The molecule has 0 spiro atoms. The first-order chi connectivity index (χ1) is 15.4. The van der Waals surface area contributed by atoms with Gasteiger partial charge in [-0.25, -0.2) is 14.8 Å². The Kier molecular flexibility index (Phi) is 6.27. The van der Waals surface area contributed by atoms with E-state index in [0.29, 0.717) is 60.6 Å². The molecule has 1 amide bonds. The predicted octanol–water partition coefficient (Wildman–Crippen LogP) is 2.26. The van der Waals surface area contributed by atoms with Gasteiger partial charge in [-0.15, -0.1) is 0 Å². The number of ether oxygens (including phenoxy) is 1. The lowest BCUT2D eigenvalue weighted by Gasteiger charge is -2.30. The maximum atomic E-state index is 12.6. The normalized spacial score (nSPS) is 14.9. The van der Waals surface area contributed by atoms with Crippen molar-refractivity contribution in [2.75, 3.05) is 25.5 Å². The van der Waals surface area contributed by atoms with Crippen molar-refractivity contribution in [1.82, 2.24) is 19.9 Å². The minimum absolute atomic E-state index is 0.0182. The Morgan fingerprint density at radius 2 is 2.00 bits per heavy atom. The van der Waals surface area contributed by atoms with E-state index in [0.717, 1.165) is 5.56 Å². The summed E-state index contributed by atoms with van der Waals surface area (Å²) in [4.78, 5) is 50.5. The van der Waals surface area contributed by atoms with Gasteiger partial charge in [0, 0.05) is 12.1 Å². The molecular formula is C23H25N5O4. The van der Waals surface area contributed by atoms with E-state index >= 15 is 0 Å². The Morgan fingerprint density at radius 3 is 2.72 bits per heavy atom. The molecule has 1 saturated heterocycles. The Labute approximate surface area is 184 Å². The average Bonchev–Trinajstić information content (AvgIpc) is 2.78. The maximum absolute atomic E-state index is 12.6. The van der Waals surface area contributed by atoms with Gasteiger partial charge < -0.3 is 15.0 Å². The molecule has 0 atom stereocenters. The number of benzene rings is 1. The van der Waals surface area contributed by atoms with Crippen molar-refractivity contribution in [3.63, 3.8) is 0 Å². The number of amides is 1. The van der Waals surface area contributed by atoms with Gasteiger partial charge in [-0.1, -0.05) is 0 Å². The molecule has 3 heterocycles. The lowest BCUT2D eigenvalue weighted by molar-refractivity contribution is -0.121. The molecule has 0 unspecified atom stereocenters. The summed E-state index contributed by atoms with van der Waals surface area (Å²) < 4.78 is 4.74. The highest BCUT2D eigenvalue weighted by Gasteiger charge is 2.25. The maximum Gasteiger partial charge on any atom is 0.337 e. The lowest BCUT2D eigenvalue weighted by atomic mass is 9.96. The van der Waals surface area contributed by atoms with E-state index in [-0.39, 0.29) is 17.4 Å². The van der Waals surface area contributed by atoms with Gasteiger partial charge in [0.25, 0.3) is 5.56 Å². The van der Waals surface area contributed by atoms with E-state index in [9.17, 15) is 14.4 Å². The third-order valence-electron chi connectivity index (χ3n) is 5.68. The van der Waals surface area contributed by atoms with E-state index < -0.39 is 5.97 Å². The van der Waals surface area contributed by atoms with Gasteiger partial charge in [0.05, 0.1) is 30.1 Å². The zero-order valence-electron chi connectivity index (χ0n) is 18.1. The average molecular weight is 435 g/mol. The van der Waals surface area contributed by atoms with Crippen molar-refractivity contribution in [3.05, 3.63) is 63.8 Å². The van der Waals surface area contributed by atoms with Crippen LogP contribution in [0.1, 0.15) is 34.6 Å². The van der Waals surface area contributed by atoms with Crippen LogP contribution >= 0.6 is 0 Å². The van der Waals surface area contributed by atoms with Crippen LogP contribution in [-0.2, 0) is 16.1 Å². The molecule has 166 valence electrons. The minimum atomic E-state index is -0.475. The highest BCUT2D eigenvalue weighted by Crippen LogP contribution is 2.20. The summed E-state index contributed by atoms with van der Waals surface area (Å²) in [6.45, 7) is 3.84. The lowest BCUT2D eigenvalue weighted by Crippen LogP contribution is -2.38. The molecule has 2 aromatic heterocycles. The molecule has 1 aliphatic rings. The third kappa shape index (κ3) is 4.83. The number of hydrogen-bond acceptors (Lipinski definition) is 7. The molecule has 3 aromatic rings. The second-order valence-corrected chi connectivity index (χ2v) is 7.99. The summed E-state index contributed by atoms with van der Waals surface area (Å²) in [7, 11) is 1.31. The van der Waals surface area contributed by atoms with Gasteiger partial charge >= 0.3 is 5.97 Å². The number of aryl methyl sites for hydroxylation is 1. The second-order valence-electron chi connectivity index (χ2n) is 7.99. The van der Waals surface area contributed by atoms with Crippen molar-refractivity contribution in [2.24, 2.45) is 5.92 Å². The van der Waals surface area contributed by atoms with E-state index in [1.165, 1.54) is 7.11 Å². The van der Waals surface area contributed by atoms with Gasteiger partial charge in [0.1, 0.15) is 11.6 Å². The van der Waals surface area contributed by atoms with Crippen molar-refractivity contribution in [1.29, 1.82) is 0 Å². The van der Waals surface area contributed by atoms with Crippen LogP contribution in [0.25, 0.3) is 10.9 Å². The van der Waals surface area contributed by atoms with E-state index in [4.69, 9.17) is 4.74 Å². The summed E-state index contributed by atoms with van der Waals surface area (Å²) in [6, 6.07) is 8.42. The van der Waals surface area contributed by atoms with Gasteiger partial charge in [-0.2, -0.15) is 0 Å². The highest BCUT2D eigenvalue weighted by atomic mass is 16.5. The SMILES string of the molecule is COC(=O)c1ccc2c(=O)[nH]c(CN3CCC(C(=O)Nc4cc(C)ccn4)CC3)nc2c1. The molecular weight excluding hydrogens is 410 g/mol. The molecule has 0 aliphatic carbocycles. The first-order valence-electron chi connectivity index (χ1n) is 10.5. The van der Waals surface area contributed by atoms with Crippen molar-refractivity contribution in [2.45, 2.75) is 26.3 Å². The number of carbonyl (C=O) groups excluding carboxylic acids is 2. The summed E-state index contributed by atoms with van der Waals surface area (Å²) in [5.41, 5.74) is 1.59. The molecule has 1 aromatic carbocycles. The zero-order valence-corrected chi connectivity index (χ0v) is 18.1. The molecule has 1 aliphatic heterocycles. The topological polar surface area (TPSA) is 117 Å². The smallest absolute Gasteiger partial charge is 0.337 e. The van der Waals surface area contributed by atoms with E-state index in [1.807, 2.05) is 19.1 Å². The number of nitrogens with one attached hydrogen (secondary N) is 2. The van der Waals surface area contributed by atoms with Crippen LogP contribution in [0.5, 0.6) is 0 Å². The van der Waals surface area contributed by atoms with Gasteiger partial charge in [0.15, 0.2) is 0 Å². The molecule has 0 radical (unpaired) electrons. The van der Waals surface area contributed by atoms with Crippen molar-refractivity contribution >= 4 is 28.6 Å². The first-order valence-corrected chi connectivity index (χ1v) is 10.5. The molecule has 0 bridgehead atoms. The van der Waals surface area contributed by atoms with Gasteiger partial charge in [-0.3, -0.25) is 14.5 Å². The quantitative estimate of drug-likeness (QED) is 0.590. The Balaban J connectivity index is 1.39. The van der Waals surface area contributed by atoms with Crippen LogP contribution in [-0.4, -0.2) is 51.9 Å². The summed E-state index contributed by atoms with van der Waals surface area (Å²) in [5, 5.41) is 3.32. The van der Waals surface area contributed by atoms with Crippen LogP contribution in [0.2, 0.25) is 0 Å². The Hall–Kier alpha value is -3.59. The Morgan fingerprint density at radius 1 is 1.22 bits per heavy atom. The fourth-order valence-corrected chi connectivity index (χ4v) is 3.91. The van der Waals surface area contributed by atoms with Crippen LogP contribution in [0.15, 0.2) is 41.3 Å². The number of fused-ring (bicyclic) bond motifs is 1. The molecule has 0 saturated carbocycles. The van der Waals surface area contributed by atoms with Gasteiger partial charge in [-0.05, 0) is 68.8 Å². The number of rotatable bonds is 5. The number of hydrogen-bond donors (Lipinski definition) is 2. The number of likely N-dealkylation sites (tertiary alicyclic amines) is 1. The fourth-order valence-electron chi connectivity index (χ4n) is 3.91. The summed E-state index contributed by atoms with van der Waals surface area (Å²) in [5.74, 6) is 0.518. The van der Waals surface area contributed by atoms with Crippen LogP contribution in [0.3, 0.4) is 0 Å². The highest BCUT2D eigenvalue weighted by molar-refractivity contribution is 5.94. The monoisotopic (exact) mass is 435 g/mol. The first kappa shape index (κ1) is 21.6. The largest absolute Gasteiger partial charge is 0.465 e. The van der Waals surface area contributed by atoms with Crippen LogP contribution in [0.4, 0.5) is 5.82 Å². The van der Waals surface area contributed by atoms with Gasteiger partial charge in [0.2, 0.25) is 5.91 Å². The fraction of sp³-hybridized carbons (Fsp3) is 0.348. The molecule has 2 N–H and O–H groups in total. The number of nitrogens with zero attached hydrogens (tertiary/aromatic N) is 3. The number of carbonyl (C=O) groups is 2. The number of aromatic amines is 1.